The van der Waals surface area contributed by atoms with E-state index >= 15 is 0 Å². The molecule has 0 amide bonds. The Bertz CT molecular complexity index is 592. The van der Waals surface area contributed by atoms with Crippen molar-refractivity contribution in [1.29, 1.82) is 0 Å². The smallest absolute Gasteiger partial charge is 0.0934 e. The van der Waals surface area contributed by atoms with Crippen LogP contribution < -0.4 is 0 Å². The van der Waals surface area contributed by atoms with Gasteiger partial charge in [-0.15, -0.1) is 0 Å². The highest BCUT2D eigenvalue weighted by atomic mass is 16.3. The van der Waals surface area contributed by atoms with Crippen molar-refractivity contribution in [3.05, 3.63) is 47.5 Å². The highest BCUT2D eigenvalue weighted by molar-refractivity contribution is 5.13. The van der Waals surface area contributed by atoms with Gasteiger partial charge in [0.2, 0.25) is 0 Å². The summed E-state index contributed by atoms with van der Waals surface area (Å²) in [4.78, 5) is 0. The lowest BCUT2D eigenvalue weighted by Gasteiger charge is -2.38. The van der Waals surface area contributed by atoms with E-state index in [4.69, 9.17) is 4.42 Å². The molecular weight excluding hydrogens is 332 g/mol. The van der Waals surface area contributed by atoms with Crippen LogP contribution in [0, 0.1) is 17.3 Å². The monoisotopic (exact) mass is 372 g/mol. The predicted octanol–water partition coefficient (Wildman–Crippen LogP) is 7.10. The number of furan rings is 1. The predicted molar refractivity (Wildman–Crippen MR) is 115 cm³/mol. The third-order valence-corrected chi connectivity index (χ3v) is 6.56. The van der Waals surface area contributed by atoms with Crippen LogP contribution in [0.2, 0.25) is 0 Å². The molecule has 1 aromatic heterocycles. The minimum absolute atomic E-state index is 0.304. The molecule has 1 aliphatic carbocycles. The second kappa shape index (κ2) is 10.9. The summed E-state index contributed by atoms with van der Waals surface area (Å²) in [5.41, 5.74) is 4.81. The minimum Gasteiger partial charge on any atom is -0.472 e. The van der Waals surface area contributed by atoms with E-state index in [0.717, 1.165) is 38.0 Å². The first kappa shape index (κ1) is 22.0. The zero-order valence-electron chi connectivity index (χ0n) is 18.0. The van der Waals surface area contributed by atoms with Crippen molar-refractivity contribution in [2.75, 3.05) is 6.61 Å². The summed E-state index contributed by atoms with van der Waals surface area (Å²) in [6.07, 6.45) is 18.9. The third kappa shape index (κ3) is 7.33. The van der Waals surface area contributed by atoms with Crippen LogP contribution in [0.5, 0.6) is 0 Å². The summed E-state index contributed by atoms with van der Waals surface area (Å²) < 4.78 is 5.12. The molecule has 2 rings (SSSR count). The summed E-state index contributed by atoms with van der Waals surface area (Å²) >= 11 is 0. The van der Waals surface area contributed by atoms with Gasteiger partial charge in [0.05, 0.1) is 12.5 Å². The van der Waals surface area contributed by atoms with Crippen LogP contribution >= 0.6 is 0 Å². The molecule has 0 saturated carbocycles. The Morgan fingerprint density at radius 2 is 2.19 bits per heavy atom. The minimum atomic E-state index is 0.304. The molecule has 0 unspecified atom stereocenters. The number of aryl methyl sites for hydroxylation is 1. The maximum Gasteiger partial charge on any atom is 0.0934 e. The van der Waals surface area contributed by atoms with Crippen molar-refractivity contribution in [2.45, 2.75) is 85.5 Å². The van der Waals surface area contributed by atoms with E-state index in [-0.39, 0.29) is 0 Å². The SMILES string of the molecule is CC1=CCCC(C)(C)[C@@H]1CC/C(C)=C/CC[C@@H](CO)CCCc1ccoc1. The molecule has 0 saturated heterocycles. The molecule has 0 aliphatic heterocycles. The van der Waals surface area contributed by atoms with Crippen LogP contribution in [0.4, 0.5) is 0 Å². The number of hydrogen-bond donors (Lipinski definition) is 1. The van der Waals surface area contributed by atoms with Crippen molar-refractivity contribution in [2.24, 2.45) is 17.3 Å². The van der Waals surface area contributed by atoms with Gasteiger partial charge in [0, 0.05) is 6.61 Å². The van der Waals surface area contributed by atoms with Gasteiger partial charge in [-0.2, -0.15) is 0 Å². The summed E-state index contributed by atoms with van der Waals surface area (Å²) in [6.45, 7) is 9.77. The van der Waals surface area contributed by atoms with Gasteiger partial charge in [-0.05, 0) is 101 Å². The summed E-state index contributed by atoms with van der Waals surface area (Å²) in [5.74, 6) is 1.14. The largest absolute Gasteiger partial charge is 0.472 e. The van der Waals surface area contributed by atoms with Crippen molar-refractivity contribution in [1.82, 2.24) is 0 Å². The van der Waals surface area contributed by atoms with Crippen LogP contribution in [0.1, 0.15) is 84.6 Å². The number of aliphatic hydroxyl groups is 1. The fraction of sp³-hybridized carbons (Fsp3) is 0.680. The molecule has 1 heterocycles. The van der Waals surface area contributed by atoms with Crippen LogP contribution in [0.3, 0.4) is 0 Å². The van der Waals surface area contributed by atoms with Gasteiger partial charge in [0.25, 0.3) is 0 Å². The second-order valence-corrected chi connectivity index (χ2v) is 9.27. The second-order valence-electron chi connectivity index (χ2n) is 9.27. The third-order valence-electron chi connectivity index (χ3n) is 6.56. The molecule has 2 heteroatoms. The Morgan fingerprint density at radius 1 is 1.37 bits per heavy atom. The highest BCUT2D eigenvalue weighted by Gasteiger charge is 2.32. The lowest BCUT2D eigenvalue weighted by atomic mass is 9.67. The number of hydrogen-bond acceptors (Lipinski definition) is 2. The Balaban J connectivity index is 1.69. The lowest BCUT2D eigenvalue weighted by molar-refractivity contribution is 0.204. The van der Waals surface area contributed by atoms with Crippen LogP contribution in [-0.2, 0) is 6.42 Å². The normalized spacial score (nSPS) is 21.1. The van der Waals surface area contributed by atoms with Crippen molar-refractivity contribution in [3.63, 3.8) is 0 Å². The topological polar surface area (TPSA) is 33.4 Å². The Labute approximate surface area is 166 Å². The molecule has 27 heavy (non-hydrogen) atoms. The molecule has 1 N–H and O–H groups in total. The van der Waals surface area contributed by atoms with Gasteiger partial charge in [-0.25, -0.2) is 0 Å². The molecule has 0 aromatic carbocycles. The fourth-order valence-corrected chi connectivity index (χ4v) is 4.62. The van der Waals surface area contributed by atoms with Crippen molar-refractivity contribution >= 4 is 0 Å². The fourth-order valence-electron chi connectivity index (χ4n) is 4.62. The number of aliphatic hydroxyl groups excluding tert-OH is 1. The molecular formula is C25H40O2. The van der Waals surface area contributed by atoms with Gasteiger partial charge in [0.15, 0.2) is 0 Å². The molecule has 152 valence electrons. The molecule has 0 bridgehead atoms. The van der Waals surface area contributed by atoms with Crippen molar-refractivity contribution < 1.29 is 9.52 Å². The van der Waals surface area contributed by atoms with Gasteiger partial charge >= 0.3 is 0 Å². The zero-order chi connectivity index (χ0) is 19.7. The van der Waals surface area contributed by atoms with E-state index in [1.165, 1.54) is 36.8 Å². The van der Waals surface area contributed by atoms with E-state index in [1.54, 1.807) is 11.8 Å². The Kier molecular flexibility index (Phi) is 8.89. The quantitative estimate of drug-likeness (QED) is 0.420. The average molecular weight is 373 g/mol. The molecule has 2 nitrogen and oxygen atoms in total. The van der Waals surface area contributed by atoms with E-state index < -0.39 is 0 Å². The summed E-state index contributed by atoms with van der Waals surface area (Å²) in [7, 11) is 0. The van der Waals surface area contributed by atoms with E-state index in [9.17, 15) is 5.11 Å². The summed E-state index contributed by atoms with van der Waals surface area (Å²) in [6, 6.07) is 2.03. The molecule has 0 radical (unpaired) electrons. The first-order valence-electron chi connectivity index (χ1n) is 10.9. The molecule has 0 spiro atoms. The van der Waals surface area contributed by atoms with E-state index in [1.807, 2.05) is 12.3 Å². The molecule has 1 aliphatic rings. The molecule has 2 atom stereocenters. The van der Waals surface area contributed by atoms with E-state index in [0.29, 0.717) is 17.9 Å². The van der Waals surface area contributed by atoms with Crippen LogP contribution in [0.15, 0.2) is 46.3 Å². The maximum atomic E-state index is 9.66. The van der Waals surface area contributed by atoms with E-state index in [2.05, 4.69) is 39.8 Å². The van der Waals surface area contributed by atoms with Gasteiger partial charge < -0.3 is 9.52 Å². The van der Waals surface area contributed by atoms with Gasteiger partial charge in [-0.3, -0.25) is 0 Å². The lowest BCUT2D eigenvalue weighted by Crippen LogP contribution is -2.27. The van der Waals surface area contributed by atoms with Crippen LogP contribution in [-0.4, -0.2) is 11.7 Å². The summed E-state index contributed by atoms with van der Waals surface area (Å²) in [5, 5.41) is 9.66. The first-order valence-corrected chi connectivity index (χ1v) is 10.9. The maximum absolute atomic E-state index is 9.66. The standard InChI is InChI=1S/C25H40O2/c1-20(13-14-24-21(2)9-7-16-25(24,3)4)8-5-10-22(18-26)11-6-12-23-15-17-27-19-23/h8-9,15,17,19,22,24,26H,5-7,10-14,16,18H2,1-4H3/b20-8+/t22-,24-/m1/s1. The Morgan fingerprint density at radius 3 is 2.85 bits per heavy atom. The first-order chi connectivity index (χ1) is 12.9. The zero-order valence-corrected chi connectivity index (χ0v) is 18.0. The average Bonchev–Trinajstić information content (AvgIpc) is 3.13. The van der Waals surface area contributed by atoms with Gasteiger partial charge in [-0.1, -0.05) is 37.1 Å². The number of allylic oxidation sites excluding steroid dienone is 4. The highest BCUT2D eigenvalue weighted by Crippen LogP contribution is 2.43. The van der Waals surface area contributed by atoms with Crippen LogP contribution in [0.25, 0.3) is 0 Å². The Hall–Kier alpha value is -1.28. The molecule has 0 fully saturated rings. The number of rotatable bonds is 11. The van der Waals surface area contributed by atoms with Crippen molar-refractivity contribution in [3.8, 4) is 0 Å². The molecule has 1 aromatic rings. The van der Waals surface area contributed by atoms with Gasteiger partial charge in [0.1, 0.15) is 0 Å².